The molecule has 232 valence electrons. The van der Waals surface area contributed by atoms with Gasteiger partial charge in [0.25, 0.3) is 0 Å². The van der Waals surface area contributed by atoms with Crippen LogP contribution in [-0.2, 0) is 32.6 Å². The maximum Gasteiger partial charge on any atom is 0.243 e. The summed E-state index contributed by atoms with van der Waals surface area (Å²) in [4.78, 5) is 29.2. The summed E-state index contributed by atoms with van der Waals surface area (Å²) < 4.78 is 31.8. The summed E-state index contributed by atoms with van der Waals surface area (Å²) in [6.45, 7) is 4.14. The van der Waals surface area contributed by atoms with Crippen molar-refractivity contribution in [2.75, 3.05) is 24.2 Å². The maximum absolute atomic E-state index is 13.9. The molecule has 0 aliphatic rings. The predicted molar refractivity (Wildman–Crippen MR) is 173 cm³/mol. The lowest BCUT2D eigenvalue weighted by Crippen LogP contribution is -2.52. The van der Waals surface area contributed by atoms with Crippen LogP contribution < -0.4 is 14.4 Å². The fraction of sp³-hybridized carbons (Fsp3) is 0.375. The van der Waals surface area contributed by atoms with Crippen molar-refractivity contribution in [2.45, 2.75) is 58.2 Å². The number of nitrogens with zero attached hydrogens (tertiary/aromatic N) is 2. The Morgan fingerprint density at radius 1 is 0.977 bits per heavy atom. The molecule has 0 unspecified atom stereocenters. The summed E-state index contributed by atoms with van der Waals surface area (Å²) >= 11 is 12.4. The maximum atomic E-state index is 13.9. The van der Waals surface area contributed by atoms with Crippen LogP contribution in [-0.4, -0.2) is 57.1 Å². The van der Waals surface area contributed by atoms with E-state index in [1.165, 1.54) is 17.5 Å². The molecule has 43 heavy (non-hydrogen) atoms. The number of carbonyl (C=O) groups is 2. The van der Waals surface area contributed by atoms with E-state index >= 15 is 0 Å². The van der Waals surface area contributed by atoms with Crippen LogP contribution in [0.2, 0.25) is 10.0 Å². The summed E-state index contributed by atoms with van der Waals surface area (Å²) in [5.41, 5.74) is 2.10. The topological polar surface area (TPSA) is 96.0 Å². The number of rotatable bonds is 15. The van der Waals surface area contributed by atoms with Crippen molar-refractivity contribution < 1.29 is 22.7 Å². The number of amides is 2. The van der Waals surface area contributed by atoms with Gasteiger partial charge in [-0.3, -0.25) is 13.9 Å². The molecule has 0 spiro atoms. The number of benzene rings is 3. The van der Waals surface area contributed by atoms with Crippen LogP contribution in [0.25, 0.3) is 0 Å². The van der Waals surface area contributed by atoms with E-state index in [2.05, 4.69) is 5.32 Å². The minimum atomic E-state index is -3.68. The van der Waals surface area contributed by atoms with Gasteiger partial charge in [0.1, 0.15) is 11.8 Å². The van der Waals surface area contributed by atoms with E-state index in [9.17, 15) is 18.0 Å². The van der Waals surface area contributed by atoms with E-state index in [-0.39, 0.29) is 48.8 Å². The monoisotopic (exact) mass is 647 g/mol. The van der Waals surface area contributed by atoms with Crippen LogP contribution in [0, 0.1) is 0 Å². The summed E-state index contributed by atoms with van der Waals surface area (Å²) in [6.07, 6.45) is 2.41. The minimum Gasteiger partial charge on any atom is -0.495 e. The number of anilines is 1. The molecule has 2 amide bonds. The molecule has 2 atom stereocenters. The van der Waals surface area contributed by atoms with E-state index in [0.717, 1.165) is 23.8 Å². The third-order valence-electron chi connectivity index (χ3n) is 7.11. The second-order valence-corrected chi connectivity index (χ2v) is 13.2. The predicted octanol–water partition coefficient (Wildman–Crippen LogP) is 6.10. The van der Waals surface area contributed by atoms with Crippen molar-refractivity contribution in [1.29, 1.82) is 0 Å². The Morgan fingerprint density at radius 3 is 2.23 bits per heavy atom. The molecule has 3 aromatic carbocycles. The highest BCUT2D eigenvalue weighted by atomic mass is 35.5. The molecule has 0 aliphatic carbocycles. The largest absolute Gasteiger partial charge is 0.495 e. The SMILES string of the molecule is CC[C@H](C)NC(=O)[C@@H](Cc1ccccc1)N(Cc1ccc(Cl)cc1)C(=O)CCCN(c1ccc(OC)c(Cl)c1)S(C)(=O)=O. The van der Waals surface area contributed by atoms with Crippen LogP contribution in [0.1, 0.15) is 44.2 Å². The number of ether oxygens (including phenoxy) is 1. The number of nitrogens with one attached hydrogen (secondary N) is 1. The van der Waals surface area contributed by atoms with E-state index in [4.69, 9.17) is 27.9 Å². The van der Waals surface area contributed by atoms with Crippen molar-refractivity contribution >= 4 is 50.7 Å². The second-order valence-electron chi connectivity index (χ2n) is 10.4. The highest BCUT2D eigenvalue weighted by molar-refractivity contribution is 7.92. The Hall–Kier alpha value is -3.27. The summed E-state index contributed by atoms with van der Waals surface area (Å²) in [6, 6.07) is 20.6. The molecule has 0 radical (unpaired) electrons. The van der Waals surface area contributed by atoms with E-state index in [0.29, 0.717) is 22.9 Å². The smallest absolute Gasteiger partial charge is 0.243 e. The number of methoxy groups -OCH3 is 1. The van der Waals surface area contributed by atoms with Gasteiger partial charge >= 0.3 is 0 Å². The average Bonchev–Trinajstić information content (AvgIpc) is 2.97. The zero-order chi connectivity index (χ0) is 31.6. The minimum absolute atomic E-state index is 0.0192. The van der Waals surface area contributed by atoms with Gasteiger partial charge in [-0.25, -0.2) is 8.42 Å². The van der Waals surface area contributed by atoms with Crippen molar-refractivity contribution in [1.82, 2.24) is 10.2 Å². The summed E-state index contributed by atoms with van der Waals surface area (Å²) in [5.74, 6) is -0.0884. The molecule has 0 fully saturated rings. The standard InChI is InChI=1S/C32H39Cl2N3O5S/c1-5-23(2)35-32(39)29(20-24-10-7-6-8-11-24)36(22-25-13-15-26(33)16-14-25)31(38)12-9-19-37(43(4,40)41)27-17-18-30(42-3)28(34)21-27/h6-8,10-11,13-18,21,23,29H,5,9,12,19-20,22H2,1-4H3,(H,35,39)/t23-,29+/m0/s1. The zero-order valence-electron chi connectivity index (χ0n) is 24.9. The average molecular weight is 649 g/mol. The quantitative estimate of drug-likeness (QED) is 0.215. The number of hydrogen-bond donors (Lipinski definition) is 1. The Labute approximate surface area is 265 Å². The van der Waals surface area contributed by atoms with E-state index in [1.54, 1.807) is 29.2 Å². The fourth-order valence-electron chi connectivity index (χ4n) is 4.60. The number of hydrogen-bond acceptors (Lipinski definition) is 5. The molecule has 3 aromatic rings. The van der Waals surface area contributed by atoms with Gasteiger partial charge in [0, 0.05) is 37.0 Å². The zero-order valence-corrected chi connectivity index (χ0v) is 27.3. The van der Waals surface area contributed by atoms with Gasteiger partial charge in [-0.15, -0.1) is 0 Å². The molecule has 8 nitrogen and oxygen atoms in total. The molecule has 0 bridgehead atoms. The van der Waals surface area contributed by atoms with Crippen molar-refractivity contribution in [3.8, 4) is 5.75 Å². The van der Waals surface area contributed by atoms with Gasteiger partial charge in [-0.2, -0.15) is 0 Å². The van der Waals surface area contributed by atoms with Crippen LogP contribution in [0.3, 0.4) is 0 Å². The van der Waals surface area contributed by atoms with Gasteiger partial charge in [-0.05, 0) is 61.2 Å². The molecule has 1 N–H and O–H groups in total. The van der Waals surface area contributed by atoms with Gasteiger partial charge in [-0.1, -0.05) is 72.6 Å². The first-order chi connectivity index (χ1) is 20.4. The third-order valence-corrected chi connectivity index (χ3v) is 8.86. The van der Waals surface area contributed by atoms with Crippen LogP contribution in [0.15, 0.2) is 72.8 Å². The lowest BCUT2D eigenvalue weighted by Gasteiger charge is -2.32. The van der Waals surface area contributed by atoms with E-state index in [1.807, 2.05) is 56.3 Å². The van der Waals surface area contributed by atoms with Gasteiger partial charge in [0.2, 0.25) is 21.8 Å². The second kappa shape index (κ2) is 16.0. The first-order valence-corrected chi connectivity index (χ1v) is 16.7. The van der Waals surface area contributed by atoms with Crippen LogP contribution >= 0.6 is 23.2 Å². The van der Waals surface area contributed by atoms with Gasteiger partial charge in [0.15, 0.2) is 0 Å². The van der Waals surface area contributed by atoms with Crippen molar-refractivity contribution in [3.05, 3.63) is 94.0 Å². The number of halogens is 2. The molecule has 0 aliphatic heterocycles. The number of sulfonamides is 1. The fourth-order valence-corrected chi connectivity index (χ4v) is 5.93. The van der Waals surface area contributed by atoms with Crippen LogP contribution in [0.4, 0.5) is 5.69 Å². The molecule has 0 saturated heterocycles. The molecular formula is C32H39Cl2N3O5S. The van der Waals surface area contributed by atoms with Crippen molar-refractivity contribution in [3.63, 3.8) is 0 Å². The molecular weight excluding hydrogens is 609 g/mol. The highest BCUT2D eigenvalue weighted by Crippen LogP contribution is 2.30. The van der Waals surface area contributed by atoms with Gasteiger partial charge < -0.3 is 15.0 Å². The Morgan fingerprint density at radius 2 is 1.65 bits per heavy atom. The lowest BCUT2D eigenvalue weighted by atomic mass is 10.0. The first-order valence-electron chi connectivity index (χ1n) is 14.1. The molecule has 11 heteroatoms. The van der Waals surface area contributed by atoms with Gasteiger partial charge in [0.05, 0.1) is 24.1 Å². The molecule has 0 saturated carbocycles. The third kappa shape index (κ3) is 10.2. The van der Waals surface area contributed by atoms with E-state index < -0.39 is 16.1 Å². The summed E-state index contributed by atoms with van der Waals surface area (Å²) in [5, 5.41) is 3.89. The molecule has 3 rings (SSSR count). The Bertz CT molecular complexity index is 1470. The highest BCUT2D eigenvalue weighted by Gasteiger charge is 2.31. The Balaban J connectivity index is 1.89. The molecule has 0 aromatic heterocycles. The Kier molecular flexibility index (Phi) is 12.7. The first kappa shape index (κ1) is 34.2. The lowest BCUT2D eigenvalue weighted by molar-refractivity contribution is -0.141. The van der Waals surface area contributed by atoms with Crippen molar-refractivity contribution in [2.24, 2.45) is 0 Å². The number of carbonyl (C=O) groups excluding carboxylic acids is 2. The summed E-state index contributed by atoms with van der Waals surface area (Å²) in [7, 11) is -2.20. The normalized spacial score (nSPS) is 12.7. The molecule has 0 heterocycles. The van der Waals surface area contributed by atoms with Crippen LogP contribution in [0.5, 0.6) is 5.75 Å².